The maximum Gasteiger partial charge on any atom is 0.309 e. The number of hydrogen-bond donors (Lipinski definition) is 1. The summed E-state index contributed by atoms with van der Waals surface area (Å²) in [5.41, 5.74) is -0.722. The Labute approximate surface area is 100 Å². The molecule has 0 aliphatic carbocycles. The number of carbonyl (C=O) groups is 1. The normalized spacial score (nSPS) is 13.9. The van der Waals surface area contributed by atoms with Crippen LogP contribution in [-0.2, 0) is 15.1 Å². The number of hydrogen-bond acceptors (Lipinski definition) is 5. The molecule has 1 atom stereocenters. The zero-order valence-corrected chi connectivity index (χ0v) is 10.3. The van der Waals surface area contributed by atoms with Crippen LogP contribution in [0.2, 0.25) is 0 Å². The van der Waals surface area contributed by atoms with Gasteiger partial charge in [-0.25, -0.2) is 4.98 Å². The van der Waals surface area contributed by atoms with E-state index in [9.17, 15) is 9.90 Å². The van der Waals surface area contributed by atoms with E-state index in [2.05, 4.69) is 4.98 Å². The van der Waals surface area contributed by atoms with Gasteiger partial charge in [0.1, 0.15) is 0 Å². The zero-order valence-electron chi connectivity index (χ0n) is 10.3. The molecule has 0 saturated carbocycles. The minimum absolute atomic E-state index is 0.103. The number of aromatic nitrogens is 1. The molecule has 0 saturated heterocycles. The highest BCUT2D eigenvalue weighted by Gasteiger charge is 2.28. The van der Waals surface area contributed by atoms with E-state index in [0.717, 1.165) is 0 Å². The number of pyridine rings is 1. The first-order valence-corrected chi connectivity index (χ1v) is 5.38. The van der Waals surface area contributed by atoms with E-state index < -0.39 is 11.6 Å². The second-order valence-electron chi connectivity index (χ2n) is 3.84. The van der Waals surface area contributed by atoms with Crippen LogP contribution in [0.5, 0.6) is 5.88 Å². The molecular formula is C12H17NO4. The highest BCUT2D eigenvalue weighted by molar-refractivity contribution is 5.71. The molecule has 0 bridgehead atoms. The largest absolute Gasteiger partial charge is 0.481 e. The number of ether oxygens (including phenoxy) is 2. The Bertz CT molecular complexity index is 390. The third-order valence-corrected chi connectivity index (χ3v) is 2.36. The molecule has 0 aromatic carbocycles. The molecule has 94 valence electrons. The summed E-state index contributed by atoms with van der Waals surface area (Å²) in [5, 5.41) is 10.2. The first-order valence-electron chi connectivity index (χ1n) is 5.38. The quantitative estimate of drug-likeness (QED) is 0.783. The molecule has 17 heavy (non-hydrogen) atoms. The van der Waals surface area contributed by atoms with Gasteiger partial charge in [0.2, 0.25) is 5.88 Å². The van der Waals surface area contributed by atoms with Crippen molar-refractivity contribution in [2.24, 2.45) is 0 Å². The molecule has 1 N–H and O–H groups in total. The lowest BCUT2D eigenvalue weighted by Gasteiger charge is -2.22. The molecule has 0 radical (unpaired) electrons. The molecule has 0 aliphatic heterocycles. The standard InChI is InChI=1S/C12H17NO4/c1-4-17-11(14)8-12(2,15)9-5-6-13-10(7-9)16-3/h5-7,15H,4,8H2,1-3H3. The summed E-state index contributed by atoms with van der Waals surface area (Å²) in [5.74, 6) is -0.0417. The van der Waals surface area contributed by atoms with Crippen molar-refractivity contribution in [3.63, 3.8) is 0 Å². The summed E-state index contributed by atoms with van der Waals surface area (Å²) in [6, 6.07) is 3.24. The van der Waals surface area contributed by atoms with E-state index in [1.54, 1.807) is 26.0 Å². The Morgan fingerprint density at radius 3 is 2.88 bits per heavy atom. The van der Waals surface area contributed by atoms with E-state index in [1.807, 2.05) is 0 Å². The number of rotatable bonds is 5. The van der Waals surface area contributed by atoms with Gasteiger partial charge in [0, 0.05) is 12.3 Å². The molecule has 0 aliphatic rings. The molecular weight excluding hydrogens is 222 g/mol. The molecule has 0 spiro atoms. The smallest absolute Gasteiger partial charge is 0.309 e. The van der Waals surface area contributed by atoms with Crippen LogP contribution in [0.15, 0.2) is 18.3 Å². The van der Waals surface area contributed by atoms with Gasteiger partial charge in [-0.2, -0.15) is 0 Å². The minimum atomic E-state index is -1.29. The third-order valence-electron chi connectivity index (χ3n) is 2.36. The van der Waals surface area contributed by atoms with Gasteiger partial charge in [-0.3, -0.25) is 4.79 Å². The van der Waals surface area contributed by atoms with Gasteiger partial charge in [-0.1, -0.05) is 0 Å². The monoisotopic (exact) mass is 239 g/mol. The van der Waals surface area contributed by atoms with Gasteiger partial charge in [0.25, 0.3) is 0 Å². The van der Waals surface area contributed by atoms with Crippen LogP contribution in [0.25, 0.3) is 0 Å². The first kappa shape index (κ1) is 13.4. The highest BCUT2D eigenvalue weighted by atomic mass is 16.5. The van der Waals surface area contributed by atoms with Gasteiger partial charge >= 0.3 is 5.97 Å². The molecule has 1 unspecified atom stereocenters. The van der Waals surface area contributed by atoms with Crippen molar-refractivity contribution in [3.05, 3.63) is 23.9 Å². The molecule has 5 heteroatoms. The van der Waals surface area contributed by atoms with Crippen LogP contribution in [0.3, 0.4) is 0 Å². The zero-order chi connectivity index (χ0) is 12.9. The molecule has 5 nitrogen and oxygen atoms in total. The predicted octanol–water partition coefficient (Wildman–Crippen LogP) is 1.25. The van der Waals surface area contributed by atoms with Gasteiger partial charge in [0.05, 0.1) is 25.7 Å². The van der Waals surface area contributed by atoms with E-state index >= 15 is 0 Å². The van der Waals surface area contributed by atoms with E-state index in [1.165, 1.54) is 13.3 Å². The lowest BCUT2D eigenvalue weighted by Crippen LogP contribution is -2.26. The topological polar surface area (TPSA) is 68.7 Å². The average Bonchev–Trinajstić information content (AvgIpc) is 2.28. The molecule has 1 heterocycles. The molecule has 1 aromatic rings. The highest BCUT2D eigenvalue weighted by Crippen LogP contribution is 2.26. The molecule has 0 amide bonds. The van der Waals surface area contributed by atoms with Crippen LogP contribution < -0.4 is 4.74 Å². The summed E-state index contributed by atoms with van der Waals surface area (Å²) in [6.45, 7) is 3.58. The summed E-state index contributed by atoms with van der Waals surface area (Å²) in [4.78, 5) is 15.3. The fourth-order valence-electron chi connectivity index (χ4n) is 1.45. The third kappa shape index (κ3) is 3.71. The maximum atomic E-state index is 11.4. The van der Waals surface area contributed by atoms with Gasteiger partial charge in [-0.15, -0.1) is 0 Å². The summed E-state index contributed by atoms with van der Waals surface area (Å²) in [6.07, 6.45) is 1.42. The van der Waals surface area contributed by atoms with E-state index in [-0.39, 0.29) is 6.42 Å². The number of aliphatic hydroxyl groups is 1. The molecule has 1 rings (SSSR count). The van der Waals surface area contributed by atoms with Crippen molar-refractivity contribution in [2.45, 2.75) is 25.9 Å². The Hall–Kier alpha value is -1.62. The summed E-state index contributed by atoms with van der Waals surface area (Å²) >= 11 is 0. The minimum Gasteiger partial charge on any atom is -0.481 e. The number of carbonyl (C=O) groups excluding carboxylic acids is 1. The van der Waals surface area contributed by atoms with Crippen LogP contribution in [0.4, 0.5) is 0 Å². The number of nitrogens with zero attached hydrogens (tertiary/aromatic N) is 1. The lowest BCUT2D eigenvalue weighted by atomic mass is 9.93. The number of methoxy groups -OCH3 is 1. The molecule has 0 fully saturated rings. The fourth-order valence-corrected chi connectivity index (χ4v) is 1.45. The van der Waals surface area contributed by atoms with Crippen molar-refractivity contribution in [1.29, 1.82) is 0 Å². The van der Waals surface area contributed by atoms with Gasteiger partial charge in [0.15, 0.2) is 0 Å². The van der Waals surface area contributed by atoms with Crippen LogP contribution in [0, 0.1) is 0 Å². The van der Waals surface area contributed by atoms with Crippen molar-refractivity contribution < 1.29 is 19.4 Å². The lowest BCUT2D eigenvalue weighted by molar-refractivity contribution is -0.148. The van der Waals surface area contributed by atoms with Crippen molar-refractivity contribution >= 4 is 5.97 Å². The SMILES string of the molecule is CCOC(=O)CC(C)(O)c1ccnc(OC)c1. The van der Waals surface area contributed by atoms with Gasteiger partial charge < -0.3 is 14.6 Å². The molecule has 1 aromatic heterocycles. The van der Waals surface area contributed by atoms with Gasteiger partial charge in [-0.05, 0) is 25.5 Å². The van der Waals surface area contributed by atoms with E-state index in [0.29, 0.717) is 18.1 Å². The van der Waals surface area contributed by atoms with Crippen LogP contribution in [0.1, 0.15) is 25.8 Å². The van der Waals surface area contributed by atoms with Crippen molar-refractivity contribution in [2.75, 3.05) is 13.7 Å². The Balaban J connectivity index is 2.84. The second-order valence-corrected chi connectivity index (χ2v) is 3.84. The summed E-state index contributed by atoms with van der Waals surface area (Å²) in [7, 11) is 1.49. The van der Waals surface area contributed by atoms with E-state index in [4.69, 9.17) is 9.47 Å². The number of esters is 1. The average molecular weight is 239 g/mol. The maximum absolute atomic E-state index is 11.4. The van der Waals surface area contributed by atoms with Crippen molar-refractivity contribution in [3.8, 4) is 5.88 Å². The Morgan fingerprint density at radius 1 is 1.59 bits per heavy atom. The Kier molecular flexibility index (Phi) is 4.45. The predicted molar refractivity (Wildman–Crippen MR) is 61.6 cm³/mol. The second kappa shape index (κ2) is 5.63. The first-order chi connectivity index (χ1) is 7.99. The van der Waals surface area contributed by atoms with Crippen molar-refractivity contribution in [1.82, 2.24) is 4.98 Å². The van der Waals surface area contributed by atoms with Crippen LogP contribution in [-0.4, -0.2) is 29.8 Å². The summed E-state index contributed by atoms with van der Waals surface area (Å²) < 4.78 is 9.77. The van der Waals surface area contributed by atoms with Crippen LogP contribution >= 0.6 is 0 Å². The Morgan fingerprint density at radius 2 is 2.29 bits per heavy atom. The fraction of sp³-hybridized carbons (Fsp3) is 0.500.